The van der Waals surface area contributed by atoms with E-state index in [9.17, 15) is 22.7 Å². The largest absolute Gasteiger partial charge is 0.493 e. The Morgan fingerprint density at radius 2 is 1.82 bits per heavy atom. The van der Waals surface area contributed by atoms with E-state index in [2.05, 4.69) is 9.97 Å². The molecule has 0 radical (unpaired) electrons. The van der Waals surface area contributed by atoms with E-state index in [1.54, 1.807) is 36.7 Å². The maximum atomic E-state index is 14.1. The molecule has 0 saturated heterocycles. The SMILES string of the molecule is CCCCc1nc(=O)c(S(=O)(=O)c2ccc(-c3ccncc3C)cc2)c(O)n1[C@@H](CC)c1cccc(F)c1. The van der Waals surface area contributed by atoms with Crippen molar-refractivity contribution >= 4 is 9.84 Å². The van der Waals surface area contributed by atoms with Gasteiger partial charge in [0.25, 0.3) is 5.56 Å². The second kappa shape index (κ2) is 11.3. The molecule has 0 aliphatic carbocycles. The molecule has 198 valence electrons. The summed E-state index contributed by atoms with van der Waals surface area (Å²) >= 11 is 0. The first kappa shape index (κ1) is 27.2. The third-order valence-electron chi connectivity index (χ3n) is 6.58. The highest BCUT2D eigenvalue weighted by Gasteiger charge is 2.32. The Labute approximate surface area is 221 Å². The number of aromatic nitrogens is 3. The zero-order valence-electron chi connectivity index (χ0n) is 21.6. The number of aromatic hydroxyl groups is 1. The average molecular weight is 536 g/mol. The molecule has 2 aromatic carbocycles. The summed E-state index contributed by atoms with van der Waals surface area (Å²) in [7, 11) is -4.43. The summed E-state index contributed by atoms with van der Waals surface area (Å²) in [5.41, 5.74) is 2.13. The minimum Gasteiger partial charge on any atom is -0.493 e. The lowest BCUT2D eigenvalue weighted by Crippen LogP contribution is -2.27. The van der Waals surface area contributed by atoms with Crippen LogP contribution in [-0.2, 0) is 16.3 Å². The summed E-state index contributed by atoms with van der Waals surface area (Å²) in [6, 6.07) is 13.2. The molecule has 0 fully saturated rings. The topological polar surface area (TPSA) is 102 Å². The summed E-state index contributed by atoms with van der Waals surface area (Å²) in [4.78, 5) is 20.4. The van der Waals surface area contributed by atoms with Crippen LogP contribution in [0.15, 0.2) is 81.6 Å². The number of sulfone groups is 1. The van der Waals surface area contributed by atoms with Gasteiger partial charge in [-0.25, -0.2) is 12.8 Å². The van der Waals surface area contributed by atoms with Crippen LogP contribution in [0.4, 0.5) is 4.39 Å². The number of hydrogen-bond donors (Lipinski definition) is 1. The van der Waals surface area contributed by atoms with Gasteiger partial charge in [-0.1, -0.05) is 44.5 Å². The molecule has 4 aromatic rings. The standard InChI is InChI=1S/C29H30FN3O4S/c1-4-6-10-26-32-28(34)27(29(35)33(26)25(5-2)21-8-7-9-22(30)17-21)38(36,37)23-13-11-20(12-14-23)24-15-16-31-18-19(24)3/h7-9,11-18,25,35H,4-6,10H2,1-3H3/t25-/m0/s1. The molecule has 0 saturated carbocycles. The van der Waals surface area contributed by atoms with E-state index >= 15 is 0 Å². The van der Waals surface area contributed by atoms with Crippen molar-refractivity contribution in [3.8, 4) is 17.0 Å². The lowest BCUT2D eigenvalue weighted by molar-refractivity contribution is 0.358. The summed E-state index contributed by atoms with van der Waals surface area (Å²) in [5, 5.41) is 11.4. The minimum atomic E-state index is -4.43. The molecule has 0 aliphatic rings. The van der Waals surface area contributed by atoms with Gasteiger partial charge >= 0.3 is 0 Å². The third-order valence-corrected chi connectivity index (χ3v) is 8.37. The van der Waals surface area contributed by atoms with Crippen LogP contribution in [0.25, 0.3) is 11.1 Å². The number of aryl methyl sites for hydroxylation is 2. The van der Waals surface area contributed by atoms with Gasteiger partial charge in [-0.2, -0.15) is 4.98 Å². The molecule has 0 amide bonds. The van der Waals surface area contributed by atoms with E-state index in [4.69, 9.17) is 0 Å². The molecule has 7 nitrogen and oxygen atoms in total. The van der Waals surface area contributed by atoms with Gasteiger partial charge in [-0.3, -0.25) is 14.3 Å². The molecule has 1 atom stereocenters. The van der Waals surface area contributed by atoms with Crippen LogP contribution in [0.1, 0.15) is 56.1 Å². The van der Waals surface area contributed by atoms with Gasteiger partial charge in [0.15, 0.2) is 4.90 Å². The van der Waals surface area contributed by atoms with Crippen LogP contribution in [-0.4, -0.2) is 28.1 Å². The molecule has 1 N–H and O–H groups in total. The summed E-state index contributed by atoms with van der Waals surface area (Å²) in [5.74, 6) is -0.892. The predicted molar refractivity (Wildman–Crippen MR) is 143 cm³/mol. The zero-order chi connectivity index (χ0) is 27.4. The lowest BCUT2D eigenvalue weighted by Gasteiger charge is -2.25. The van der Waals surface area contributed by atoms with E-state index < -0.39 is 38.0 Å². The first-order valence-corrected chi connectivity index (χ1v) is 14.0. The van der Waals surface area contributed by atoms with Crippen molar-refractivity contribution in [2.24, 2.45) is 0 Å². The molecule has 0 spiro atoms. The van der Waals surface area contributed by atoms with E-state index in [-0.39, 0.29) is 10.7 Å². The molecule has 38 heavy (non-hydrogen) atoms. The highest BCUT2D eigenvalue weighted by molar-refractivity contribution is 7.91. The Bertz CT molecular complexity index is 1620. The summed E-state index contributed by atoms with van der Waals surface area (Å²) in [6.45, 7) is 5.72. The van der Waals surface area contributed by atoms with Gasteiger partial charge in [0, 0.05) is 18.8 Å². The molecule has 0 bridgehead atoms. The van der Waals surface area contributed by atoms with Crippen molar-refractivity contribution in [1.29, 1.82) is 0 Å². The van der Waals surface area contributed by atoms with Crippen molar-refractivity contribution in [2.45, 2.75) is 62.3 Å². The van der Waals surface area contributed by atoms with Crippen molar-refractivity contribution in [1.82, 2.24) is 14.5 Å². The molecule has 0 aliphatic heterocycles. The Balaban J connectivity index is 1.87. The fraction of sp³-hybridized carbons (Fsp3) is 0.276. The number of nitrogens with zero attached hydrogens (tertiary/aromatic N) is 3. The summed E-state index contributed by atoms with van der Waals surface area (Å²) in [6.07, 6.45) is 5.60. The smallest absolute Gasteiger partial charge is 0.296 e. The normalized spacial score (nSPS) is 12.4. The second-order valence-electron chi connectivity index (χ2n) is 9.16. The lowest BCUT2D eigenvalue weighted by atomic mass is 10.0. The van der Waals surface area contributed by atoms with E-state index in [0.29, 0.717) is 24.8 Å². The maximum Gasteiger partial charge on any atom is 0.296 e. The number of benzene rings is 2. The van der Waals surface area contributed by atoms with Crippen LogP contribution in [0.5, 0.6) is 5.88 Å². The van der Waals surface area contributed by atoms with Crippen molar-refractivity contribution < 1.29 is 17.9 Å². The van der Waals surface area contributed by atoms with Gasteiger partial charge in [0.2, 0.25) is 15.7 Å². The Morgan fingerprint density at radius 3 is 2.45 bits per heavy atom. The second-order valence-corrected chi connectivity index (χ2v) is 11.0. The molecule has 2 heterocycles. The fourth-order valence-corrected chi connectivity index (χ4v) is 5.98. The summed E-state index contributed by atoms with van der Waals surface area (Å²) < 4.78 is 42.8. The van der Waals surface area contributed by atoms with E-state index in [1.165, 1.54) is 28.8 Å². The van der Waals surface area contributed by atoms with Crippen LogP contribution < -0.4 is 5.56 Å². The predicted octanol–water partition coefficient (Wildman–Crippen LogP) is 5.63. The van der Waals surface area contributed by atoms with Crippen LogP contribution >= 0.6 is 0 Å². The average Bonchev–Trinajstić information content (AvgIpc) is 2.89. The minimum absolute atomic E-state index is 0.145. The fourth-order valence-electron chi connectivity index (χ4n) is 4.63. The monoisotopic (exact) mass is 535 g/mol. The van der Waals surface area contributed by atoms with Gasteiger partial charge in [-0.05, 0) is 72.4 Å². The Hall–Kier alpha value is -3.85. The number of halogens is 1. The van der Waals surface area contributed by atoms with Crippen molar-refractivity contribution in [3.63, 3.8) is 0 Å². The Kier molecular flexibility index (Phi) is 8.06. The first-order chi connectivity index (χ1) is 18.2. The van der Waals surface area contributed by atoms with E-state index in [1.807, 2.05) is 26.8 Å². The number of hydrogen-bond acceptors (Lipinski definition) is 6. The number of pyridine rings is 1. The number of unbranched alkanes of at least 4 members (excludes halogenated alkanes) is 1. The van der Waals surface area contributed by atoms with Gasteiger partial charge in [0.1, 0.15) is 11.6 Å². The van der Waals surface area contributed by atoms with E-state index in [0.717, 1.165) is 23.1 Å². The van der Waals surface area contributed by atoms with Crippen molar-refractivity contribution in [2.75, 3.05) is 0 Å². The highest BCUT2D eigenvalue weighted by Crippen LogP contribution is 2.34. The first-order valence-electron chi connectivity index (χ1n) is 12.5. The highest BCUT2D eigenvalue weighted by atomic mass is 32.2. The molecular weight excluding hydrogens is 505 g/mol. The molecule has 2 aromatic heterocycles. The quantitative estimate of drug-likeness (QED) is 0.298. The molecular formula is C29H30FN3O4S. The zero-order valence-corrected chi connectivity index (χ0v) is 22.4. The number of rotatable bonds is 9. The van der Waals surface area contributed by atoms with Gasteiger partial charge in [-0.15, -0.1) is 0 Å². The van der Waals surface area contributed by atoms with Gasteiger partial charge in [0.05, 0.1) is 10.9 Å². The van der Waals surface area contributed by atoms with Crippen LogP contribution in [0.2, 0.25) is 0 Å². The molecule has 9 heteroatoms. The van der Waals surface area contributed by atoms with Crippen molar-refractivity contribution in [3.05, 3.63) is 100 Å². The van der Waals surface area contributed by atoms with Crippen LogP contribution in [0.3, 0.4) is 0 Å². The third kappa shape index (κ3) is 5.24. The van der Waals surface area contributed by atoms with Gasteiger partial charge < -0.3 is 5.11 Å². The maximum absolute atomic E-state index is 14.1. The molecule has 4 rings (SSSR count). The molecule has 0 unspecified atom stereocenters. The Morgan fingerprint density at radius 1 is 1.08 bits per heavy atom. The van der Waals surface area contributed by atoms with Crippen LogP contribution in [0, 0.1) is 12.7 Å².